The first-order valence-electron chi connectivity index (χ1n) is 7.86. The first-order valence-corrected chi connectivity index (χ1v) is 7.86. The molecule has 0 aliphatic heterocycles. The SMILES string of the molecule is CC(C)CC1(CNc2c(N)cccc2C(N)=O)CCCC1. The average Bonchev–Trinajstić information content (AvgIpc) is 2.85. The van der Waals surface area contributed by atoms with Crippen LogP contribution in [0.1, 0.15) is 56.3 Å². The van der Waals surface area contributed by atoms with Crippen LogP contribution in [0, 0.1) is 11.3 Å². The maximum absolute atomic E-state index is 11.6. The van der Waals surface area contributed by atoms with Crippen molar-refractivity contribution in [3.05, 3.63) is 23.8 Å². The molecule has 1 aliphatic carbocycles. The molecule has 5 N–H and O–H groups in total. The number of benzene rings is 1. The minimum Gasteiger partial charge on any atom is -0.397 e. The van der Waals surface area contributed by atoms with Crippen LogP contribution in [0.15, 0.2) is 18.2 Å². The molecule has 0 aromatic heterocycles. The highest BCUT2D eigenvalue weighted by Gasteiger charge is 2.34. The van der Waals surface area contributed by atoms with Gasteiger partial charge in [0, 0.05) is 6.54 Å². The normalized spacial score (nSPS) is 17.1. The summed E-state index contributed by atoms with van der Waals surface area (Å²) in [7, 11) is 0. The maximum atomic E-state index is 11.6. The van der Waals surface area contributed by atoms with Gasteiger partial charge in [0.15, 0.2) is 0 Å². The Morgan fingerprint density at radius 1 is 1.33 bits per heavy atom. The Hall–Kier alpha value is -1.71. The molecule has 1 saturated carbocycles. The molecule has 0 bridgehead atoms. The van der Waals surface area contributed by atoms with Gasteiger partial charge in [-0.2, -0.15) is 0 Å². The van der Waals surface area contributed by atoms with Gasteiger partial charge in [-0.25, -0.2) is 0 Å². The molecule has 1 aromatic carbocycles. The quantitative estimate of drug-likeness (QED) is 0.702. The second kappa shape index (κ2) is 6.37. The highest BCUT2D eigenvalue weighted by Crippen LogP contribution is 2.43. The van der Waals surface area contributed by atoms with Gasteiger partial charge in [-0.1, -0.05) is 32.8 Å². The highest BCUT2D eigenvalue weighted by molar-refractivity contribution is 6.01. The van der Waals surface area contributed by atoms with Crippen molar-refractivity contribution in [1.82, 2.24) is 0 Å². The van der Waals surface area contributed by atoms with Crippen LogP contribution >= 0.6 is 0 Å². The third-order valence-corrected chi connectivity index (χ3v) is 4.51. The summed E-state index contributed by atoms with van der Waals surface area (Å²) in [6, 6.07) is 5.30. The molecule has 1 amide bonds. The Morgan fingerprint density at radius 3 is 2.57 bits per heavy atom. The summed E-state index contributed by atoms with van der Waals surface area (Å²) in [4.78, 5) is 11.6. The van der Waals surface area contributed by atoms with Crippen LogP contribution in [0.5, 0.6) is 0 Å². The van der Waals surface area contributed by atoms with Crippen LogP contribution in [0.2, 0.25) is 0 Å². The zero-order valence-corrected chi connectivity index (χ0v) is 13.1. The van der Waals surface area contributed by atoms with Crippen molar-refractivity contribution < 1.29 is 4.79 Å². The number of carbonyl (C=O) groups excluding carboxylic acids is 1. The molecular formula is C17H27N3O. The third-order valence-electron chi connectivity index (χ3n) is 4.51. The second-order valence-electron chi connectivity index (χ2n) is 6.79. The van der Waals surface area contributed by atoms with E-state index >= 15 is 0 Å². The number of hydrogen-bond donors (Lipinski definition) is 3. The van der Waals surface area contributed by atoms with Crippen LogP contribution < -0.4 is 16.8 Å². The monoisotopic (exact) mass is 289 g/mol. The predicted octanol–water partition coefficient (Wildman–Crippen LogP) is 3.39. The summed E-state index contributed by atoms with van der Waals surface area (Å²) in [5, 5.41) is 3.43. The molecule has 2 rings (SSSR count). The number of primary amides is 1. The van der Waals surface area contributed by atoms with Crippen molar-refractivity contribution in [2.24, 2.45) is 17.1 Å². The molecule has 0 spiro atoms. The fraction of sp³-hybridized carbons (Fsp3) is 0.588. The van der Waals surface area contributed by atoms with Crippen LogP contribution in [0.25, 0.3) is 0 Å². The van der Waals surface area contributed by atoms with E-state index in [1.165, 1.54) is 32.1 Å². The van der Waals surface area contributed by atoms with Crippen molar-refractivity contribution in [2.45, 2.75) is 46.0 Å². The van der Waals surface area contributed by atoms with Gasteiger partial charge in [-0.15, -0.1) is 0 Å². The fourth-order valence-electron chi connectivity index (χ4n) is 3.69. The van der Waals surface area contributed by atoms with Gasteiger partial charge in [-0.3, -0.25) is 4.79 Å². The van der Waals surface area contributed by atoms with E-state index in [1.54, 1.807) is 18.2 Å². The van der Waals surface area contributed by atoms with E-state index < -0.39 is 5.91 Å². The molecule has 1 aromatic rings. The van der Waals surface area contributed by atoms with Crippen molar-refractivity contribution in [1.29, 1.82) is 0 Å². The van der Waals surface area contributed by atoms with Crippen molar-refractivity contribution in [3.63, 3.8) is 0 Å². The lowest BCUT2D eigenvalue weighted by molar-refractivity contribution is 0.100. The molecule has 0 atom stereocenters. The van der Waals surface area contributed by atoms with Gasteiger partial charge in [0.25, 0.3) is 5.91 Å². The lowest BCUT2D eigenvalue weighted by atomic mass is 9.78. The van der Waals surface area contributed by atoms with E-state index in [2.05, 4.69) is 19.2 Å². The van der Waals surface area contributed by atoms with E-state index in [0.717, 1.165) is 6.54 Å². The minimum absolute atomic E-state index is 0.325. The number of nitrogen functional groups attached to an aromatic ring is 1. The summed E-state index contributed by atoms with van der Waals surface area (Å²) in [6.45, 7) is 5.40. The molecule has 0 saturated heterocycles. The highest BCUT2D eigenvalue weighted by atomic mass is 16.1. The zero-order valence-electron chi connectivity index (χ0n) is 13.1. The maximum Gasteiger partial charge on any atom is 0.250 e. The molecule has 116 valence electrons. The van der Waals surface area contributed by atoms with Gasteiger partial charge < -0.3 is 16.8 Å². The summed E-state index contributed by atoms with van der Waals surface area (Å²) >= 11 is 0. The molecule has 21 heavy (non-hydrogen) atoms. The van der Waals surface area contributed by atoms with Crippen molar-refractivity contribution in [3.8, 4) is 0 Å². The first-order chi connectivity index (χ1) is 9.93. The van der Waals surface area contributed by atoms with Crippen LogP contribution in [-0.2, 0) is 0 Å². The average molecular weight is 289 g/mol. The van der Waals surface area contributed by atoms with Gasteiger partial charge in [0.2, 0.25) is 0 Å². The zero-order chi connectivity index (χ0) is 15.5. The Kier molecular flexibility index (Phi) is 4.76. The fourth-order valence-corrected chi connectivity index (χ4v) is 3.69. The molecule has 4 heteroatoms. The van der Waals surface area contributed by atoms with Gasteiger partial charge >= 0.3 is 0 Å². The van der Waals surface area contributed by atoms with E-state index in [1.807, 2.05) is 0 Å². The third kappa shape index (κ3) is 3.69. The van der Waals surface area contributed by atoms with Crippen molar-refractivity contribution in [2.75, 3.05) is 17.6 Å². The summed E-state index contributed by atoms with van der Waals surface area (Å²) in [5.41, 5.74) is 13.6. The lowest BCUT2D eigenvalue weighted by Crippen LogP contribution is -2.29. The summed E-state index contributed by atoms with van der Waals surface area (Å²) < 4.78 is 0. The van der Waals surface area contributed by atoms with E-state index in [-0.39, 0.29) is 0 Å². The van der Waals surface area contributed by atoms with Crippen molar-refractivity contribution >= 4 is 17.3 Å². The molecule has 4 nitrogen and oxygen atoms in total. The summed E-state index contributed by atoms with van der Waals surface area (Å²) in [5.74, 6) is 0.239. The number of anilines is 2. The topological polar surface area (TPSA) is 81.1 Å². The van der Waals surface area contributed by atoms with E-state index in [0.29, 0.717) is 28.3 Å². The smallest absolute Gasteiger partial charge is 0.250 e. The summed E-state index contributed by atoms with van der Waals surface area (Å²) in [6.07, 6.45) is 6.29. The Balaban J connectivity index is 2.16. The minimum atomic E-state index is -0.436. The molecule has 1 aliphatic rings. The van der Waals surface area contributed by atoms with Crippen LogP contribution in [-0.4, -0.2) is 12.5 Å². The Labute approximate surface area is 127 Å². The number of nitrogens with two attached hydrogens (primary N) is 2. The number of nitrogens with one attached hydrogen (secondary N) is 1. The van der Waals surface area contributed by atoms with Gasteiger partial charge in [-0.05, 0) is 42.7 Å². The molecular weight excluding hydrogens is 262 g/mol. The molecule has 1 fully saturated rings. The Bertz CT molecular complexity index is 505. The molecule has 0 unspecified atom stereocenters. The molecule has 0 heterocycles. The number of rotatable bonds is 6. The Morgan fingerprint density at radius 2 is 2.00 bits per heavy atom. The molecule has 0 radical (unpaired) electrons. The number of amides is 1. The second-order valence-corrected chi connectivity index (χ2v) is 6.79. The number of hydrogen-bond acceptors (Lipinski definition) is 3. The first kappa shape index (κ1) is 15.7. The largest absolute Gasteiger partial charge is 0.397 e. The lowest BCUT2D eigenvalue weighted by Gasteiger charge is -2.32. The van der Waals surface area contributed by atoms with E-state index in [4.69, 9.17) is 11.5 Å². The number of para-hydroxylation sites is 1. The van der Waals surface area contributed by atoms with E-state index in [9.17, 15) is 4.79 Å². The standard InChI is InChI=1S/C17H27N3O/c1-12(2)10-17(8-3-4-9-17)11-20-15-13(16(19)21)6-5-7-14(15)18/h5-7,12,20H,3-4,8-11,18H2,1-2H3,(H2,19,21). The van der Waals surface area contributed by atoms with Crippen LogP contribution in [0.4, 0.5) is 11.4 Å². The predicted molar refractivity (Wildman–Crippen MR) is 88.2 cm³/mol. The van der Waals surface area contributed by atoms with Crippen LogP contribution in [0.3, 0.4) is 0 Å². The van der Waals surface area contributed by atoms with Gasteiger partial charge in [0.1, 0.15) is 0 Å². The number of carbonyl (C=O) groups is 1. The van der Waals surface area contributed by atoms with Gasteiger partial charge in [0.05, 0.1) is 16.9 Å².